The molecule has 0 aromatic heterocycles. The van der Waals surface area contributed by atoms with E-state index in [2.05, 4.69) is 34.9 Å². The number of halogens is 4. The van der Waals surface area contributed by atoms with Gasteiger partial charge < -0.3 is 10.6 Å². The third kappa shape index (κ3) is 4.00. The Morgan fingerprint density at radius 1 is 0.625 bits per heavy atom. The van der Waals surface area contributed by atoms with E-state index in [-0.39, 0.29) is 0 Å². The van der Waals surface area contributed by atoms with E-state index >= 15 is 0 Å². The lowest BCUT2D eigenvalue weighted by molar-refractivity contribution is 0.402. The maximum atomic E-state index is 6.13. The molecule has 4 fully saturated rings. The SMILES string of the molecule is Clc1ccc([C@@]23CCCC2CNC3)cc1Cl.Clc1ccc([C@]23CCC[C@H]2CNC3)cc1Cl. The lowest BCUT2D eigenvalue weighted by Gasteiger charge is -2.29. The van der Waals surface area contributed by atoms with Crippen molar-refractivity contribution in [2.24, 2.45) is 11.8 Å². The molecular weight excluding hydrogens is 482 g/mol. The second kappa shape index (κ2) is 9.29. The third-order valence-electron chi connectivity index (χ3n) is 8.57. The van der Waals surface area contributed by atoms with E-state index in [9.17, 15) is 0 Å². The predicted octanol–water partition coefficient (Wildman–Crippen LogP) is 7.27. The van der Waals surface area contributed by atoms with Gasteiger partial charge in [0.25, 0.3) is 0 Å². The van der Waals surface area contributed by atoms with Crippen LogP contribution in [0.1, 0.15) is 49.7 Å². The molecular formula is C26H30Cl4N2. The summed E-state index contributed by atoms with van der Waals surface area (Å²) in [6, 6.07) is 12.3. The van der Waals surface area contributed by atoms with E-state index in [1.165, 1.54) is 49.7 Å². The van der Waals surface area contributed by atoms with E-state index in [4.69, 9.17) is 46.4 Å². The first-order valence-electron chi connectivity index (χ1n) is 11.8. The first-order chi connectivity index (χ1) is 15.4. The predicted molar refractivity (Wildman–Crippen MR) is 137 cm³/mol. The van der Waals surface area contributed by atoms with E-state index in [0.717, 1.165) is 38.0 Å². The summed E-state index contributed by atoms with van der Waals surface area (Å²) in [4.78, 5) is 0. The molecule has 6 rings (SSSR count). The van der Waals surface area contributed by atoms with E-state index in [0.29, 0.717) is 30.9 Å². The van der Waals surface area contributed by atoms with Crippen LogP contribution in [0.25, 0.3) is 0 Å². The molecule has 0 spiro atoms. The zero-order valence-electron chi connectivity index (χ0n) is 18.2. The van der Waals surface area contributed by atoms with Gasteiger partial charge in [-0.15, -0.1) is 0 Å². The van der Waals surface area contributed by atoms with Crippen molar-refractivity contribution in [3.8, 4) is 0 Å². The quantitative estimate of drug-likeness (QED) is 0.443. The Balaban J connectivity index is 0.000000135. The molecule has 2 aliphatic carbocycles. The van der Waals surface area contributed by atoms with E-state index in [1.54, 1.807) is 0 Å². The monoisotopic (exact) mass is 510 g/mol. The van der Waals surface area contributed by atoms with Crippen LogP contribution >= 0.6 is 46.4 Å². The summed E-state index contributed by atoms with van der Waals surface area (Å²) in [5.74, 6) is 1.56. The summed E-state index contributed by atoms with van der Waals surface area (Å²) in [5.41, 5.74) is 3.39. The fourth-order valence-corrected chi connectivity index (χ4v) is 7.46. The first-order valence-corrected chi connectivity index (χ1v) is 13.3. The summed E-state index contributed by atoms with van der Waals surface area (Å²) in [5, 5.41) is 9.73. The number of benzene rings is 2. The Bertz CT molecular complexity index is 892. The molecule has 2 nitrogen and oxygen atoms in total. The number of hydrogen-bond acceptors (Lipinski definition) is 2. The molecule has 0 bridgehead atoms. The van der Waals surface area contributed by atoms with Crippen LogP contribution in [0.4, 0.5) is 0 Å². The minimum Gasteiger partial charge on any atom is -0.316 e. The first kappa shape index (κ1) is 23.3. The molecule has 32 heavy (non-hydrogen) atoms. The van der Waals surface area contributed by atoms with Gasteiger partial charge in [0.15, 0.2) is 0 Å². The third-order valence-corrected chi connectivity index (χ3v) is 10.0. The van der Waals surface area contributed by atoms with E-state index in [1.807, 2.05) is 12.1 Å². The highest BCUT2D eigenvalue weighted by Gasteiger charge is 2.48. The Morgan fingerprint density at radius 3 is 1.47 bits per heavy atom. The molecule has 6 heteroatoms. The van der Waals surface area contributed by atoms with Crippen molar-refractivity contribution in [3.63, 3.8) is 0 Å². The molecule has 2 saturated heterocycles. The molecule has 4 atom stereocenters. The number of hydrogen-bond donors (Lipinski definition) is 2. The number of fused-ring (bicyclic) bond motifs is 2. The van der Waals surface area contributed by atoms with Gasteiger partial charge in [-0.2, -0.15) is 0 Å². The summed E-state index contributed by atoms with van der Waals surface area (Å²) >= 11 is 24.2. The number of rotatable bonds is 2. The molecule has 0 radical (unpaired) electrons. The molecule has 2 aliphatic heterocycles. The second-order valence-electron chi connectivity index (χ2n) is 10.0. The lowest BCUT2D eigenvalue weighted by atomic mass is 9.75. The fourth-order valence-electron chi connectivity index (χ4n) is 6.86. The minimum atomic E-state index is 0.328. The maximum Gasteiger partial charge on any atom is 0.0595 e. The van der Waals surface area contributed by atoms with Crippen LogP contribution in [0.2, 0.25) is 20.1 Å². The van der Waals surface area contributed by atoms with Crippen LogP contribution < -0.4 is 10.6 Å². The maximum absolute atomic E-state index is 6.13. The highest BCUT2D eigenvalue weighted by molar-refractivity contribution is 6.42. The van der Waals surface area contributed by atoms with Gasteiger partial charge in [0.05, 0.1) is 20.1 Å². The highest BCUT2D eigenvalue weighted by Crippen LogP contribution is 2.49. The Kier molecular flexibility index (Phi) is 6.75. The standard InChI is InChI=1S/2C13H15Cl2N/c2*14-11-4-3-9(6-12(11)15)13-5-1-2-10(13)7-16-8-13/h2*3-4,6,10,16H,1-2,5,7-8H2/t10?,13-;10-,13+/m00/s1. The van der Waals surface area contributed by atoms with Gasteiger partial charge in [-0.1, -0.05) is 71.4 Å². The Morgan fingerprint density at radius 2 is 1.06 bits per heavy atom. The summed E-state index contributed by atoms with van der Waals surface area (Å²) in [7, 11) is 0. The van der Waals surface area contributed by atoms with Crippen LogP contribution in [0.3, 0.4) is 0 Å². The normalized spacial score (nSPS) is 33.0. The molecule has 172 valence electrons. The molecule has 2 aromatic rings. The van der Waals surface area contributed by atoms with Crippen LogP contribution in [-0.4, -0.2) is 26.2 Å². The van der Waals surface area contributed by atoms with Gasteiger partial charge in [0, 0.05) is 23.9 Å². The van der Waals surface area contributed by atoms with Crippen molar-refractivity contribution in [3.05, 3.63) is 67.6 Å². The van der Waals surface area contributed by atoms with Crippen molar-refractivity contribution in [2.75, 3.05) is 26.2 Å². The second-order valence-corrected chi connectivity index (χ2v) is 11.6. The summed E-state index contributed by atoms with van der Waals surface area (Å²) in [6.45, 7) is 4.49. The van der Waals surface area contributed by atoms with Gasteiger partial charge in [-0.25, -0.2) is 0 Å². The summed E-state index contributed by atoms with van der Waals surface area (Å²) in [6.07, 6.45) is 7.92. The van der Waals surface area contributed by atoms with Crippen LogP contribution in [0, 0.1) is 11.8 Å². The Labute approximate surface area is 211 Å². The highest BCUT2D eigenvalue weighted by atomic mass is 35.5. The molecule has 1 unspecified atom stereocenters. The average molecular weight is 512 g/mol. The van der Waals surface area contributed by atoms with Gasteiger partial charge in [-0.3, -0.25) is 0 Å². The minimum absolute atomic E-state index is 0.328. The summed E-state index contributed by atoms with van der Waals surface area (Å²) < 4.78 is 0. The van der Waals surface area contributed by atoms with Gasteiger partial charge in [-0.05, 0) is 86.0 Å². The van der Waals surface area contributed by atoms with Crippen molar-refractivity contribution in [1.82, 2.24) is 10.6 Å². The van der Waals surface area contributed by atoms with Crippen molar-refractivity contribution >= 4 is 46.4 Å². The van der Waals surface area contributed by atoms with Crippen molar-refractivity contribution < 1.29 is 0 Å². The van der Waals surface area contributed by atoms with Crippen LogP contribution in [-0.2, 0) is 10.8 Å². The Hall–Kier alpha value is -0.480. The lowest BCUT2D eigenvalue weighted by Crippen LogP contribution is -2.30. The van der Waals surface area contributed by atoms with Crippen LogP contribution in [0.15, 0.2) is 36.4 Å². The largest absolute Gasteiger partial charge is 0.316 e. The van der Waals surface area contributed by atoms with Gasteiger partial charge in [0.2, 0.25) is 0 Å². The molecule has 2 saturated carbocycles. The van der Waals surface area contributed by atoms with Crippen molar-refractivity contribution in [2.45, 2.75) is 49.4 Å². The van der Waals surface area contributed by atoms with Gasteiger partial charge in [0.1, 0.15) is 0 Å². The molecule has 0 amide bonds. The van der Waals surface area contributed by atoms with Crippen LogP contribution in [0.5, 0.6) is 0 Å². The van der Waals surface area contributed by atoms with Gasteiger partial charge >= 0.3 is 0 Å². The molecule has 2 N–H and O–H groups in total. The molecule has 4 aliphatic rings. The number of nitrogens with one attached hydrogen (secondary N) is 2. The topological polar surface area (TPSA) is 24.1 Å². The average Bonchev–Trinajstić information content (AvgIpc) is 3.52. The smallest absolute Gasteiger partial charge is 0.0595 e. The molecule has 2 aromatic carbocycles. The zero-order chi connectivity index (χ0) is 22.3. The fraction of sp³-hybridized carbons (Fsp3) is 0.538. The zero-order valence-corrected chi connectivity index (χ0v) is 21.2. The molecule has 2 heterocycles. The van der Waals surface area contributed by atoms with Crippen molar-refractivity contribution in [1.29, 1.82) is 0 Å². The van der Waals surface area contributed by atoms with E-state index < -0.39 is 0 Å².